The predicted octanol–water partition coefficient (Wildman–Crippen LogP) is 1.66. The lowest BCUT2D eigenvalue weighted by Gasteiger charge is -2.21. The molecule has 1 aromatic rings. The van der Waals surface area contributed by atoms with Gasteiger partial charge in [-0.3, -0.25) is 4.90 Å². The number of nitrogens with two attached hydrogens (primary N) is 1. The number of furan rings is 1. The van der Waals surface area contributed by atoms with Gasteiger partial charge in [-0.05, 0) is 26.3 Å². The lowest BCUT2D eigenvalue weighted by Crippen LogP contribution is -2.29. The zero-order chi connectivity index (χ0) is 12.3. The summed E-state index contributed by atoms with van der Waals surface area (Å²) in [6, 6.07) is 2.08. The Morgan fingerprint density at radius 1 is 1.53 bits per heavy atom. The monoisotopic (exact) mass is 238 g/mol. The van der Waals surface area contributed by atoms with Crippen LogP contribution in [0.15, 0.2) is 10.5 Å². The first-order valence-electron chi connectivity index (χ1n) is 6.31. The van der Waals surface area contributed by atoms with Crippen LogP contribution in [0.2, 0.25) is 0 Å². The van der Waals surface area contributed by atoms with Crippen molar-refractivity contribution in [2.24, 2.45) is 5.73 Å². The first-order chi connectivity index (χ1) is 8.19. The zero-order valence-corrected chi connectivity index (χ0v) is 10.7. The van der Waals surface area contributed by atoms with Crippen LogP contribution < -0.4 is 5.73 Å². The highest BCUT2D eigenvalue weighted by Gasteiger charge is 2.17. The molecule has 1 saturated heterocycles. The second kappa shape index (κ2) is 5.67. The van der Waals surface area contributed by atoms with Crippen molar-refractivity contribution < 1.29 is 9.15 Å². The minimum atomic E-state index is 0.318. The van der Waals surface area contributed by atoms with Gasteiger partial charge in [0.25, 0.3) is 0 Å². The molecule has 1 aliphatic rings. The van der Waals surface area contributed by atoms with Crippen LogP contribution in [0.25, 0.3) is 0 Å². The quantitative estimate of drug-likeness (QED) is 0.870. The molecule has 1 unspecified atom stereocenters. The zero-order valence-electron chi connectivity index (χ0n) is 10.7. The molecule has 96 valence electrons. The summed E-state index contributed by atoms with van der Waals surface area (Å²) in [5.74, 6) is 1.86. The second-order valence-corrected chi connectivity index (χ2v) is 4.77. The van der Waals surface area contributed by atoms with Crippen molar-refractivity contribution >= 4 is 0 Å². The van der Waals surface area contributed by atoms with Crippen molar-refractivity contribution in [3.05, 3.63) is 23.2 Å². The van der Waals surface area contributed by atoms with E-state index in [0.717, 1.165) is 44.2 Å². The summed E-state index contributed by atoms with van der Waals surface area (Å²) in [6.07, 6.45) is 1.42. The van der Waals surface area contributed by atoms with Crippen LogP contribution in [0, 0.1) is 6.92 Å². The van der Waals surface area contributed by atoms with E-state index in [1.165, 1.54) is 5.56 Å². The second-order valence-electron chi connectivity index (χ2n) is 4.77. The molecule has 2 N–H and O–H groups in total. The van der Waals surface area contributed by atoms with E-state index in [0.29, 0.717) is 12.6 Å². The first kappa shape index (κ1) is 12.6. The van der Waals surface area contributed by atoms with Crippen molar-refractivity contribution in [3.8, 4) is 0 Å². The van der Waals surface area contributed by atoms with E-state index in [9.17, 15) is 0 Å². The highest BCUT2D eigenvalue weighted by atomic mass is 16.5. The Morgan fingerprint density at radius 3 is 3.06 bits per heavy atom. The van der Waals surface area contributed by atoms with E-state index in [1.807, 2.05) is 6.92 Å². The van der Waals surface area contributed by atoms with E-state index >= 15 is 0 Å². The van der Waals surface area contributed by atoms with Gasteiger partial charge < -0.3 is 14.9 Å². The van der Waals surface area contributed by atoms with E-state index in [4.69, 9.17) is 14.9 Å². The SMILES string of the molecule is Cc1oc(CN)cc1CN1CCCOC(C)C1. The van der Waals surface area contributed by atoms with Crippen LogP contribution in [0.3, 0.4) is 0 Å². The van der Waals surface area contributed by atoms with Crippen molar-refractivity contribution in [1.82, 2.24) is 4.90 Å². The van der Waals surface area contributed by atoms with Crippen molar-refractivity contribution in [3.63, 3.8) is 0 Å². The maximum absolute atomic E-state index is 5.64. The summed E-state index contributed by atoms with van der Waals surface area (Å²) in [7, 11) is 0. The number of ether oxygens (including phenoxy) is 1. The molecule has 0 radical (unpaired) electrons. The van der Waals surface area contributed by atoms with Gasteiger partial charge in [0.2, 0.25) is 0 Å². The molecule has 0 amide bonds. The van der Waals surface area contributed by atoms with Crippen LogP contribution in [0.4, 0.5) is 0 Å². The standard InChI is InChI=1S/C13H22N2O2/c1-10-8-15(4-3-5-16-10)9-12-6-13(7-14)17-11(12)2/h6,10H,3-5,7-9,14H2,1-2H3. The Bertz CT molecular complexity index is 362. The highest BCUT2D eigenvalue weighted by molar-refractivity contribution is 5.20. The lowest BCUT2D eigenvalue weighted by molar-refractivity contribution is 0.0667. The lowest BCUT2D eigenvalue weighted by atomic mass is 10.2. The molecule has 17 heavy (non-hydrogen) atoms. The maximum Gasteiger partial charge on any atom is 0.118 e. The van der Waals surface area contributed by atoms with Gasteiger partial charge in [-0.2, -0.15) is 0 Å². The van der Waals surface area contributed by atoms with Crippen LogP contribution in [0.1, 0.15) is 30.4 Å². The summed E-state index contributed by atoms with van der Waals surface area (Å²) in [5, 5.41) is 0. The fourth-order valence-corrected chi connectivity index (χ4v) is 2.31. The third-order valence-corrected chi connectivity index (χ3v) is 3.20. The minimum absolute atomic E-state index is 0.318. The number of nitrogens with zero attached hydrogens (tertiary/aromatic N) is 1. The minimum Gasteiger partial charge on any atom is -0.465 e. The van der Waals surface area contributed by atoms with Gasteiger partial charge in [0, 0.05) is 31.8 Å². The Labute approximate surface area is 103 Å². The third kappa shape index (κ3) is 3.31. The molecule has 4 nitrogen and oxygen atoms in total. The molecule has 0 aromatic carbocycles. The van der Waals surface area contributed by atoms with E-state index in [-0.39, 0.29) is 0 Å². The molecule has 1 atom stereocenters. The molecule has 1 aliphatic heterocycles. The summed E-state index contributed by atoms with van der Waals surface area (Å²) in [5.41, 5.74) is 6.83. The number of rotatable bonds is 3. The Kier molecular flexibility index (Phi) is 4.20. The van der Waals surface area contributed by atoms with E-state index < -0.39 is 0 Å². The van der Waals surface area contributed by atoms with Gasteiger partial charge in [0.05, 0.1) is 12.6 Å². The van der Waals surface area contributed by atoms with Crippen LogP contribution in [-0.4, -0.2) is 30.7 Å². The predicted molar refractivity (Wildman–Crippen MR) is 66.6 cm³/mol. The van der Waals surface area contributed by atoms with Crippen molar-refractivity contribution in [2.75, 3.05) is 19.7 Å². The molecular weight excluding hydrogens is 216 g/mol. The smallest absolute Gasteiger partial charge is 0.118 e. The highest BCUT2D eigenvalue weighted by Crippen LogP contribution is 2.18. The maximum atomic E-state index is 5.64. The van der Waals surface area contributed by atoms with Crippen LogP contribution in [0.5, 0.6) is 0 Å². The Hall–Kier alpha value is -0.840. The molecule has 1 aromatic heterocycles. The Morgan fingerprint density at radius 2 is 2.35 bits per heavy atom. The Balaban J connectivity index is 2.00. The molecule has 0 aliphatic carbocycles. The van der Waals surface area contributed by atoms with Gasteiger partial charge in [-0.15, -0.1) is 0 Å². The average molecular weight is 238 g/mol. The molecule has 1 fully saturated rings. The van der Waals surface area contributed by atoms with E-state index in [1.54, 1.807) is 0 Å². The molecule has 0 bridgehead atoms. The molecule has 2 heterocycles. The topological polar surface area (TPSA) is 51.6 Å². The first-order valence-corrected chi connectivity index (χ1v) is 6.31. The fraction of sp³-hybridized carbons (Fsp3) is 0.692. The average Bonchev–Trinajstić information content (AvgIpc) is 2.52. The van der Waals surface area contributed by atoms with E-state index in [2.05, 4.69) is 17.9 Å². The molecule has 0 saturated carbocycles. The fourth-order valence-electron chi connectivity index (χ4n) is 2.31. The van der Waals surface area contributed by atoms with Gasteiger partial charge in [0.1, 0.15) is 11.5 Å². The van der Waals surface area contributed by atoms with Crippen LogP contribution >= 0.6 is 0 Å². The van der Waals surface area contributed by atoms with Gasteiger partial charge >= 0.3 is 0 Å². The summed E-state index contributed by atoms with van der Waals surface area (Å²) >= 11 is 0. The molecular formula is C13H22N2O2. The largest absolute Gasteiger partial charge is 0.465 e. The van der Waals surface area contributed by atoms with Gasteiger partial charge in [-0.25, -0.2) is 0 Å². The summed E-state index contributed by atoms with van der Waals surface area (Å²) in [6.45, 7) is 8.49. The third-order valence-electron chi connectivity index (χ3n) is 3.20. The molecule has 2 rings (SSSR count). The van der Waals surface area contributed by atoms with Gasteiger partial charge in [0.15, 0.2) is 0 Å². The van der Waals surface area contributed by atoms with Crippen molar-refractivity contribution in [1.29, 1.82) is 0 Å². The normalized spacial score (nSPS) is 22.6. The van der Waals surface area contributed by atoms with Crippen molar-refractivity contribution in [2.45, 2.75) is 39.5 Å². The molecule has 0 spiro atoms. The van der Waals surface area contributed by atoms with Gasteiger partial charge in [-0.1, -0.05) is 0 Å². The van der Waals surface area contributed by atoms with Crippen LogP contribution in [-0.2, 0) is 17.8 Å². The molecule has 4 heteroatoms. The number of aryl methyl sites for hydroxylation is 1. The summed E-state index contributed by atoms with van der Waals surface area (Å²) < 4.78 is 11.2. The summed E-state index contributed by atoms with van der Waals surface area (Å²) in [4.78, 5) is 2.43. The number of hydrogen-bond donors (Lipinski definition) is 1. The number of hydrogen-bond acceptors (Lipinski definition) is 4.